The van der Waals surface area contributed by atoms with Gasteiger partial charge >= 0.3 is 0 Å². The Morgan fingerprint density at radius 2 is 1.67 bits per heavy atom. The van der Waals surface area contributed by atoms with Crippen LogP contribution in [0.5, 0.6) is 0 Å². The van der Waals surface area contributed by atoms with E-state index in [1.807, 2.05) is 24.3 Å². The van der Waals surface area contributed by atoms with Crippen LogP contribution in [-0.2, 0) is 0 Å². The Morgan fingerprint density at radius 3 is 2.39 bits per heavy atom. The Morgan fingerprint density at radius 1 is 1.00 bits per heavy atom. The Labute approximate surface area is 127 Å². The lowest BCUT2D eigenvalue weighted by atomic mass is 10.2. The Hall–Kier alpha value is -1.02. The zero-order valence-corrected chi connectivity index (χ0v) is 13.0. The second-order valence-corrected chi connectivity index (χ2v) is 5.79. The zero-order valence-electron chi connectivity index (χ0n) is 9.05. The molecule has 0 aromatic heterocycles. The predicted octanol–water partition coefficient (Wildman–Crippen LogP) is 5.48. The van der Waals surface area contributed by atoms with Crippen molar-refractivity contribution in [2.45, 2.75) is 0 Å². The lowest BCUT2D eigenvalue weighted by Gasteiger charge is -2.10. The lowest BCUT2D eigenvalue weighted by Crippen LogP contribution is -1.94. The molecule has 90 valence electrons. The molecule has 2 aromatic rings. The summed E-state index contributed by atoms with van der Waals surface area (Å²) < 4.78 is 1.79. The lowest BCUT2D eigenvalue weighted by molar-refractivity contribution is 1.45. The van der Waals surface area contributed by atoms with Crippen LogP contribution in [0.4, 0.5) is 11.4 Å². The first-order valence-corrected chi connectivity index (χ1v) is 6.98. The molecule has 0 bridgehead atoms. The molecule has 0 fully saturated rings. The Kier molecular flexibility index (Phi) is 4.28. The van der Waals surface area contributed by atoms with Crippen molar-refractivity contribution in [2.24, 2.45) is 0 Å². The van der Waals surface area contributed by atoms with Gasteiger partial charge in [0.25, 0.3) is 0 Å². The number of anilines is 2. The van der Waals surface area contributed by atoms with Crippen LogP contribution in [0.25, 0.3) is 0 Å². The molecule has 18 heavy (non-hydrogen) atoms. The minimum Gasteiger partial charge on any atom is -0.353 e. The van der Waals surface area contributed by atoms with Crippen LogP contribution >= 0.6 is 43.5 Å². The highest BCUT2D eigenvalue weighted by molar-refractivity contribution is 9.10. The first-order valence-electron chi connectivity index (χ1n) is 5.02. The molecule has 2 nitrogen and oxygen atoms in total. The van der Waals surface area contributed by atoms with Gasteiger partial charge in [-0.25, -0.2) is 0 Å². The summed E-state index contributed by atoms with van der Waals surface area (Å²) in [4.78, 5) is 0. The Bertz CT molecular complexity index is 635. The van der Waals surface area contributed by atoms with Crippen molar-refractivity contribution in [1.82, 2.24) is 0 Å². The number of rotatable bonds is 2. The molecule has 5 heteroatoms. The summed E-state index contributed by atoms with van der Waals surface area (Å²) >= 11 is 12.8. The molecule has 0 aliphatic heterocycles. The molecule has 0 heterocycles. The summed E-state index contributed by atoms with van der Waals surface area (Å²) in [6, 6.07) is 13.1. The summed E-state index contributed by atoms with van der Waals surface area (Å²) in [6.07, 6.45) is 0. The maximum Gasteiger partial charge on any atom is 0.101 e. The van der Waals surface area contributed by atoms with Gasteiger partial charge < -0.3 is 5.32 Å². The molecule has 2 aromatic carbocycles. The number of nitrogens with zero attached hydrogens (tertiary/aromatic N) is 1. The van der Waals surface area contributed by atoms with E-state index in [1.54, 1.807) is 12.1 Å². The molecule has 0 atom stereocenters. The van der Waals surface area contributed by atoms with Crippen LogP contribution in [0.2, 0.25) is 5.02 Å². The molecular formula is C13H7Br2ClN2. The van der Waals surface area contributed by atoms with E-state index in [9.17, 15) is 0 Å². The second-order valence-electron chi connectivity index (χ2n) is 3.55. The largest absolute Gasteiger partial charge is 0.353 e. The third-order valence-corrected chi connectivity index (χ3v) is 3.62. The van der Waals surface area contributed by atoms with E-state index in [4.69, 9.17) is 16.9 Å². The highest BCUT2D eigenvalue weighted by Crippen LogP contribution is 2.30. The number of hydrogen-bond donors (Lipinski definition) is 1. The van der Waals surface area contributed by atoms with Crippen LogP contribution in [0.3, 0.4) is 0 Å². The average Bonchev–Trinajstić information content (AvgIpc) is 2.36. The number of halogens is 3. The smallest absolute Gasteiger partial charge is 0.101 e. The molecule has 0 spiro atoms. The first-order chi connectivity index (χ1) is 8.60. The normalized spacial score (nSPS) is 9.89. The molecule has 0 saturated carbocycles. The number of nitriles is 1. The molecule has 0 aliphatic rings. The van der Waals surface area contributed by atoms with Crippen LogP contribution < -0.4 is 5.32 Å². The number of hydrogen-bond acceptors (Lipinski definition) is 2. The topological polar surface area (TPSA) is 35.8 Å². The van der Waals surface area contributed by atoms with Gasteiger partial charge in [0.2, 0.25) is 0 Å². The predicted molar refractivity (Wildman–Crippen MR) is 81.3 cm³/mol. The van der Waals surface area contributed by atoms with Crippen molar-refractivity contribution in [1.29, 1.82) is 5.26 Å². The highest BCUT2D eigenvalue weighted by Gasteiger charge is 2.06. The van der Waals surface area contributed by atoms with Crippen molar-refractivity contribution in [3.05, 3.63) is 55.9 Å². The van der Waals surface area contributed by atoms with Crippen LogP contribution in [-0.4, -0.2) is 0 Å². The van der Waals surface area contributed by atoms with Gasteiger partial charge in [-0.2, -0.15) is 5.26 Å². The summed E-state index contributed by atoms with van der Waals surface area (Å²) in [5.41, 5.74) is 2.03. The molecule has 1 N–H and O–H groups in total. The average molecular weight is 386 g/mol. The van der Waals surface area contributed by atoms with E-state index in [0.29, 0.717) is 10.6 Å². The molecule has 0 radical (unpaired) electrons. The van der Waals surface area contributed by atoms with Gasteiger partial charge in [0.05, 0.1) is 22.0 Å². The Balaban J connectivity index is 2.40. The zero-order chi connectivity index (χ0) is 13.1. The van der Waals surface area contributed by atoms with E-state index in [1.165, 1.54) is 0 Å². The van der Waals surface area contributed by atoms with Crippen molar-refractivity contribution in [3.63, 3.8) is 0 Å². The van der Waals surface area contributed by atoms with E-state index in [2.05, 4.69) is 43.2 Å². The van der Waals surface area contributed by atoms with Gasteiger partial charge in [-0.1, -0.05) is 43.5 Å². The maximum absolute atomic E-state index is 9.09. The van der Waals surface area contributed by atoms with Gasteiger partial charge in [0.15, 0.2) is 0 Å². The van der Waals surface area contributed by atoms with E-state index < -0.39 is 0 Å². The molecular weight excluding hydrogens is 379 g/mol. The maximum atomic E-state index is 9.09. The summed E-state index contributed by atoms with van der Waals surface area (Å²) in [7, 11) is 0. The van der Waals surface area contributed by atoms with Crippen molar-refractivity contribution >= 4 is 54.8 Å². The number of nitrogens with one attached hydrogen (secondary N) is 1. The number of benzene rings is 2. The second kappa shape index (κ2) is 5.75. The SMILES string of the molecule is N#Cc1cc(Br)ccc1Nc1cc(Br)ccc1Cl. The molecule has 0 aliphatic carbocycles. The van der Waals surface area contributed by atoms with E-state index in [0.717, 1.165) is 20.3 Å². The monoisotopic (exact) mass is 384 g/mol. The van der Waals surface area contributed by atoms with Crippen LogP contribution in [0.1, 0.15) is 5.56 Å². The molecule has 2 rings (SSSR count). The third-order valence-electron chi connectivity index (χ3n) is 2.30. The van der Waals surface area contributed by atoms with Crippen LogP contribution in [0.15, 0.2) is 45.3 Å². The van der Waals surface area contributed by atoms with Crippen molar-refractivity contribution < 1.29 is 0 Å². The highest BCUT2D eigenvalue weighted by atomic mass is 79.9. The van der Waals surface area contributed by atoms with Crippen molar-refractivity contribution in [3.8, 4) is 6.07 Å². The van der Waals surface area contributed by atoms with Gasteiger partial charge in [-0.15, -0.1) is 0 Å². The van der Waals surface area contributed by atoms with Crippen LogP contribution in [0, 0.1) is 11.3 Å². The fourth-order valence-electron chi connectivity index (χ4n) is 1.46. The fourth-order valence-corrected chi connectivity index (χ4v) is 2.34. The quantitative estimate of drug-likeness (QED) is 0.742. The molecule has 0 saturated heterocycles. The summed E-state index contributed by atoms with van der Waals surface area (Å²) in [5.74, 6) is 0. The van der Waals surface area contributed by atoms with Gasteiger partial charge in [0, 0.05) is 8.95 Å². The van der Waals surface area contributed by atoms with Gasteiger partial charge in [-0.05, 0) is 36.4 Å². The summed E-state index contributed by atoms with van der Waals surface area (Å²) in [5, 5.41) is 12.8. The van der Waals surface area contributed by atoms with Gasteiger partial charge in [0.1, 0.15) is 6.07 Å². The van der Waals surface area contributed by atoms with E-state index >= 15 is 0 Å². The van der Waals surface area contributed by atoms with Crippen molar-refractivity contribution in [2.75, 3.05) is 5.32 Å². The summed E-state index contributed by atoms with van der Waals surface area (Å²) in [6.45, 7) is 0. The minimum absolute atomic E-state index is 0.556. The first kappa shape index (κ1) is 13.4. The molecule has 0 unspecified atom stereocenters. The van der Waals surface area contributed by atoms with E-state index in [-0.39, 0.29) is 0 Å². The standard InChI is InChI=1S/C13H7Br2ClN2/c14-9-2-4-12(8(5-9)7-17)18-13-6-10(15)1-3-11(13)16/h1-6,18H. The minimum atomic E-state index is 0.556. The molecule has 0 amide bonds. The third kappa shape index (κ3) is 3.05. The fraction of sp³-hybridized carbons (Fsp3) is 0. The van der Waals surface area contributed by atoms with Gasteiger partial charge in [-0.3, -0.25) is 0 Å².